The van der Waals surface area contributed by atoms with Crippen LogP contribution in [0.3, 0.4) is 0 Å². The normalized spacial score (nSPS) is 10.9. The molecule has 0 saturated heterocycles. The summed E-state index contributed by atoms with van der Waals surface area (Å²) < 4.78 is 0. The quantitative estimate of drug-likeness (QED) is 0.599. The first-order chi connectivity index (χ1) is 10.8. The number of thiophene rings is 1. The molecule has 1 N–H and O–H groups in total. The minimum atomic E-state index is -0.154. The van der Waals surface area contributed by atoms with Crippen molar-refractivity contribution in [1.29, 1.82) is 0 Å². The summed E-state index contributed by atoms with van der Waals surface area (Å²) in [5.41, 5.74) is 1.86. The fourth-order valence-corrected chi connectivity index (χ4v) is 3.54. The molecule has 4 rings (SSSR count). The molecule has 0 amide bonds. The summed E-state index contributed by atoms with van der Waals surface area (Å²) in [6.45, 7) is 0. The number of rotatable bonds is 2. The van der Waals surface area contributed by atoms with Crippen molar-refractivity contribution in [3.63, 3.8) is 0 Å². The first-order valence-electron chi connectivity index (χ1n) is 6.96. The third-order valence-electron chi connectivity index (χ3n) is 3.59. The van der Waals surface area contributed by atoms with Crippen LogP contribution in [0.4, 0.5) is 0 Å². The standard InChI is InChI=1S/C18H12N2OS/c21-18-14-9-5-4-8-13(14)17(19-20-18)16-11-10-15(22-16)12-6-2-1-3-7-12/h1-11H,(H,20,21). The van der Waals surface area contributed by atoms with E-state index in [4.69, 9.17) is 0 Å². The second-order valence-corrected chi connectivity index (χ2v) is 6.06. The van der Waals surface area contributed by atoms with Crippen molar-refractivity contribution in [3.8, 4) is 21.0 Å². The van der Waals surface area contributed by atoms with E-state index in [-0.39, 0.29) is 5.56 Å². The number of fused-ring (bicyclic) bond motifs is 1. The SMILES string of the molecule is O=c1[nH]nc(-c2ccc(-c3ccccc3)s2)c2ccccc12. The molecule has 106 valence electrons. The molecule has 0 bridgehead atoms. The molecule has 0 fully saturated rings. The lowest BCUT2D eigenvalue weighted by molar-refractivity contribution is 1.02. The Bertz CT molecular complexity index is 1000. The van der Waals surface area contributed by atoms with Crippen molar-refractivity contribution >= 4 is 22.1 Å². The minimum absolute atomic E-state index is 0.154. The number of hydrogen-bond donors (Lipinski definition) is 1. The van der Waals surface area contributed by atoms with E-state index in [0.717, 1.165) is 16.0 Å². The van der Waals surface area contributed by atoms with Crippen molar-refractivity contribution in [2.45, 2.75) is 0 Å². The van der Waals surface area contributed by atoms with Crippen LogP contribution in [0.25, 0.3) is 31.8 Å². The minimum Gasteiger partial charge on any atom is -0.267 e. The molecule has 3 nitrogen and oxygen atoms in total. The van der Waals surface area contributed by atoms with E-state index in [0.29, 0.717) is 5.39 Å². The molecule has 0 spiro atoms. The Hall–Kier alpha value is -2.72. The predicted molar refractivity (Wildman–Crippen MR) is 91.1 cm³/mol. The average molecular weight is 304 g/mol. The van der Waals surface area contributed by atoms with Crippen LogP contribution in [0.15, 0.2) is 71.5 Å². The van der Waals surface area contributed by atoms with Crippen LogP contribution in [0, 0.1) is 0 Å². The molecule has 0 aliphatic carbocycles. The lowest BCUT2D eigenvalue weighted by atomic mass is 10.1. The number of nitrogens with zero attached hydrogens (tertiary/aromatic N) is 1. The van der Waals surface area contributed by atoms with Crippen LogP contribution < -0.4 is 5.56 Å². The number of H-pyrrole nitrogens is 1. The number of benzene rings is 2. The molecule has 0 unspecified atom stereocenters. The maximum atomic E-state index is 11.9. The van der Waals surface area contributed by atoms with Gasteiger partial charge in [-0.15, -0.1) is 11.3 Å². The Balaban J connectivity index is 1.89. The van der Waals surface area contributed by atoms with Crippen LogP contribution in [0.2, 0.25) is 0 Å². The molecule has 0 saturated carbocycles. The van der Waals surface area contributed by atoms with Gasteiger partial charge in [0.15, 0.2) is 0 Å². The topological polar surface area (TPSA) is 45.8 Å². The molecule has 0 atom stereocenters. The van der Waals surface area contributed by atoms with Gasteiger partial charge in [0.1, 0.15) is 5.69 Å². The maximum Gasteiger partial charge on any atom is 0.272 e. The second kappa shape index (κ2) is 5.24. The third-order valence-corrected chi connectivity index (χ3v) is 4.73. The Kier molecular flexibility index (Phi) is 3.09. The number of nitrogens with one attached hydrogen (secondary N) is 1. The zero-order valence-electron chi connectivity index (χ0n) is 11.6. The van der Waals surface area contributed by atoms with Gasteiger partial charge in [0.2, 0.25) is 0 Å². The largest absolute Gasteiger partial charge is 0.272 e. The molecule has 4 heteroatoms. The predicted octanol–water partition coefficient (Wildman–Crippen LogP) is 4.32. The van der Waals surface area contributed by atoms with E-state index in [2.05, 4.69) is 34.5 Å². The van der Waals surface area contributed by atoms with E-state index in [1.165, 1.54) is 10.4 Å². The first-order valence-corrected chi connectivity index (χ1v) is 7.77. The lowest BCUT2D eigenvalue weighted by Gasteiger charge is -2.02. The Labute approximate surface area is 130 Å². The zero-order valence-corrected chi connectivity index (χ0v) is 12.4. The second-order valence-electron chi connectivity index (χ2n) is 4.98. The van der Waals surface area contributed by atoms with Gasteiger partial charge in [-0.3, -0.25) is 4.79 Å². The summed E-state index contributed by atoms with van der Waals surface area (Å²) in [6, 6.07) is 22.0. The first kappa shape index (κ1) is 13.0. The van der Waals surface area contributed by atoms with Gasteiger partial charge < -0.3 is 0 Å². The molecule has 2 heterocycles. The number of hydrogen-bond acceptors (Lipinski definition) is 3. The van der Waals surface area contributed by atoms with Gasteiger partial charge in [0.05, 0.1) is 10.3 Å². The van der Waals surface area contributed by atoms with Crippen molar-refractivity contribution < 1.29 is 0 Å². The van der Waals surface area contributed by atoms with E-state index in [9.17, 15) is 4.79 Å². The molecule has 22 heavy (non-hydrogen) atoms. The molecule has 0 radical (unpaired) electrons. The summed E-state index contributed by atoms with van der Waals surface area (Å²) in [4.78, 5) is 14.1. The highest BCUT2D eigenvalue weighted by molar-refractivity contribution is 7.18. The van der Waals surface area contributed by atoms with Gasteiger partial charge in [-0.2, -0.15) is 5.10 Å². The van der Waals surface area contributed by atoms with Crippen LogP contribution in [-0.2, 0) is 0 Å². The highest BCUT2D eigenvalue weighted by Gasteiger charge is 2.11. The van der Waals surface area contributed by atoms with Gasteiger partial charge in [-0.1, -0.05) is 48.5 Å². The lowest BCUT2D eigenvalue weighted by Crippen LogP contribution is -2.08. The summed E-state index contributed by atoms with van der Waals surface area (Å²) in [7, 11) is 0. The summed E-state index contributed by atoms with van der Waals surface area (Å²) >= 11 is 1.68. The van der Waals surface area contributed by atoms with Crippen LogP contribution in [0.5, 0.6) is 0 Å². The van der Waals surface area contributed by atoms with Gasteiger partial charge in [-0.25, -0.2) is 5.10 Å². The van der Waals surface area contributed by atoms with Crippen molar-refractivity contribution in [3.05, 3.63) is 77.1 Å². The molecular formula is C18H12N2OS. The molecule has 2 aromatic heterocycles. The molecule has 2 aromatic carbocycles. The molecule has 4 aromatic rings. The average Bonchev–Trinajstić information content (AvgIpc) is 3.06. The Morgan fingerprint density at radius 1 is 0.773 bits per heavy atom. The smallest absolute Gasteiger partial charge is 0.267 e. The Morgan fingerprint density at radius 2 is 1.45 bits per heavy atom. The van der Waals surface area contributed by atoms with E-state index >= 15 is 0 Å². The Morgan fingerprint density at radius 3 is 2.27 bits per heavy atom. The van der Waals surface area contributed by atoms with Gasteiger partial charge in [0.25, 0.3) is 5.56 Å². The monoisotopic (exact) mass is 304 g/mol. The van der Waals surface area contributed by atoms with Gasteiger partial charge in [-0.05, 0) is 23.8 Å². The highest BCUT2D eigenvalue weighted by Crippen LogP contribution is 2.35. The zero-order chi connectivity index (χ0) is 14.9. The van der Waals surface area contributed by atoms with Crippen molar-refractivity contribution in [2.24, 2.45) is 0 Å². The third kappa shape index (κ3) is 2.14. The number of aromatic amines is 1. The molecule has 0 aliphatic rings. The summed E-state index contributed by atoms with van der Waals surface area (Å²) in [5.74, 6) is 0. The van der Waals surface area contributed by atoms with E-state index in [1.807, 2.05) is 42.5 Å². The van der Waals surface area contributed by atoms with Crippen molar-refractivity contribution in [1.82, 2.24) is 10.2 Å². The van der Waals surface area contributed by atoms with Crippen LogP contribution in [0.1, 0.15) is 0 Å². The highest BCUT2D eigenvalue weighted by atomic mass is 32.1. The molecular weight excluding hydrogens is 292 g/mol. The summed E-state index contributed by atoms with van der Waals surface area (Å²) in [5, 5.41) is 8.40. The fourth-order valence-electron chi connectivity index (χ4n) is 2.53. The van der Waals surface area contributed by atoms with Crippen LogP contribution >= 0.6 is 11.3 Å². The maximum absolute atomic E-state index is 11.9. The summed E-state index contributed by atoms with van der Waals surface area (Å²) in [6.07, 6.45) is 0. The van der Waals surface area contributed by atoms with E-state index in [1.54, 1.807) is 11.3 Å². The van der Waals surface area contributed by atoms with Gasteiger partial charge in [0, 0.05) is 10.3 Å². The van der Waals surface area contributed by atoms with Gasteiger partial charge >= 0.3 is 0 Å². The van der Waals surface area contributed by atoms with Crippen molar-refractivity contribution in [2.75, 3.05) is 0 Å². The molecule has 0 aliphatic heterocycles. The van der Waals surface area contributed by atoms with E-state index < -0.39 is 0 Å². The van der Waals surface area contributed by atoms with Crippen LogP contribution in [-0.4, -0.2) is 10.2 Å². The number of aromatic nitrogens is 2. The fraction of sp³-hybridized carbons (Fsp3) is 0.